The number of rotatable bonds is 12. The van der Waals surface area contributed by atoms with E-state index in [0.717, 1.165) is 17.5 Å². The zero-order valence-corrected chi connectivity index (χ0v) is 19.4. The number of carbonyl (C=O) groups excluding carboxylic acids is 2. The number of methoxy groups -OCH3 is 1. The molecule has 0 bridgehead atoms. The Hall–Kier alpha value is -2.70. The fourth-order valence-corrected chi connectivity index (χ4v) is 4.11. The van der Waals surface area contributed by atoms with E-state index in [1.54, 1.807) is 6.92 Å². The standard InChI is InChI=1S/C26H35NO5/c1-5-13-22(23(25(29)31-4)24(28)26(30)32-6-2)27(18-20-14-9-7-10-15-20)19(3)21-16-11-8-12-17-21/h7-12,14-17,19,22-24,28H,5-6,13,18H2,1-4H3/t19-,22-,23+,24+/m0/s1. The van der Waals surface area contributed by atoms with Gasteiger partial charge in [-0.2, -0.15) is 0 Å². The highest BCUT2D eigenvalue weighted by Crippen LogP contribution is 2.32. The molecule has 6 heteroatoms. The third-order valence-electron chi connectivity index (χ3n) is 5.75. The van der Waals surface area contributed by atoms with Crippen LogP contribution in [0.15, 0.2) is 60.7 Å². The highest BCUT2D eigenvalue weighted by Gasteiger charge is 2.43. The smallest absolute Gasteiger partial charge is 0.335 e. The van der Waals surface area contributed by atoms with Gasteiger partial charge in [0, 0.05) is 18.6 Å². The molecule has 0 spiro atoms. The number of carbonyl (C=O) groups is 2. The van der Waals surface area contributed by atoms with Gasteiger partial charge >= 0.3 is 11.9 Å². The Labute approximate surface area is 191 Å². The van der Waals surface area contributed by atoms with Crippen LogP contribution < -0.4 is 0 Å². The Bertz CT molecular complexity index is 827. The SMILES string of the molecule is CCC[C@@H]([C@@H](C(=O)OC)[C@@H](O)C(=O)OCC)N(Cc1ccccc1)[C@@H](C)c1ccccc1. The fourth-order valence-electron chi connectivity index (χ4n) is 4.11. The molecule has 0 aliphatic rings. The van der Waals surface area contributed by atoms with Crippen LogP contribution in [0.1, 0.15) is 50.8 Å². The highest BCUT2D eigenvalue weighted by atomic mass is 16.5. The van der Waals surface area contributed by atoms with Crippen LogP contribution in [0, 0.1) is 5.92 Å². The van der Waals surface area contributed by atoms with E-state index in [9.17, 15) is 14.7 Å². The highest BCUT2D eigenvalue weighted by molar-refractivity contribution is 5.84. The monoisotopic (exact) mass is 441 g/mol. The molecule has 2 rings (SSSR count). The van der Waals surface area contributed by atoms with Crippen molar-refractivity contribution in [1.82, 2.24) is 4.90 Å². The molecule has 0 heterocycles. The summed E-state index contributed by atoms with van der Waals surface area (Å²) >= 11 is 0. The Morgan fingerprint density at radius 2 is 1.56 bits per heavy atom. The third kappa shape index (κ3) is 6.65. The summed E-state index contributed by atoms with van der Waals surface area (Å²) < 4.78 is 10.1. The van der Waals surface area contributed by atoms with Crippen LogP contribution in [0.4, 0.5) is 0 Å². The first kappa shape index (κ1) is 25.6. The van der Waals surface area contributed by atoms with Crippen molar-refractivity contribution in [2.75, 3.05) is 13.7 Å². The lowest BCUT2D eigenvalue weighted by molar-refractivity contribution is -0.169. The zero-order valence-electron chi connectivity index (χ0n) is 19.4. The Morgan fingerprint density at radius 1 is 0.969 bits per heavy atom. The van der Waals surface area contributed by atoms with E-state index in [2.05, 4.69) is 11.8 Å². The van der Waals surface area contributed by atoms with E-state index in [-0.39, 0.29) is 12.6 Å². The van der Waals surface area contributed by atoms with E-state index in [0.29, 0.717) is 13.0 Å². The number of hydrogen-bond acceptors (Lipinski definition) is 6. The minimum atomic E-state index is -1.61. The van der Waals surface area contributed by atoms with Gasteiger partial charge in [0.1, 0.15) is 5.92 Å². The van der Waals surface area contributed by atoms with Gasteiger partial charge in [0.15, 0.2) is 6.10 Å². The van der Waals surface area contributed by atoms with Crippen LogP contribution in [-0.4, -0.2) is 47.8 Å². The molecule has 0 aromatic heterocycles. The topological polar surface area (TPSA) is 76.1 Å². The summed E-state index contributed by atoms with van der Waals surface area (Å²) in [7, 11) is 1.28. The Balaban J connectivity index is 2.53. The number of nitrogens with zero attached hydrogens (tertiary/aromatic N) is 1. The predicted molar refractivity (Wildman–Crippen MR) is 124 cm³/mol. The van der Waals surface area contributed by atoms with Crippen molar-refractivity contribution >= 4 is 11.9 Å². The van der Waals surface area contributed by atoms with Crippen molar-refractivity contribution in [1.29, 1.82) is 0 Å². The molecular formula is C26H35NO5. The van der Waals surface area contributed by atoms with Gasteiger partial charge in [-0.15, -0.1) is 0 Å². The summed E-state index contributed by atoms with van der Waals surface area (Å²) in [4.78, 5) is 27.5. The van der Waals surface area contributed by atoms with Crippen molar-refractivity contribution in [3.05, 3.63) is 71.8 Å². The van der Waals surface area contributed by atoms with Crippen LogP contribution in [-0.2, 0) is 25.6 Å². The van der Waals surface area contributed by atoms with Crippen molar-refractivity contribution in [3.8, 4) is 0 Å². The summed E-state index contributed by atoms with van der Waals surface area (Å²) in [5.74, 6) is -2.51. The van der Waals surface area contributed by atoms with E-state index < -0.39 is 30.0 Å². The van der Waals surface area contributed by atoms with Gasteiger partial charge in [-0.25, -0.2) is 4.79 Å². The summed E-state index contributed by atoms with van der Waals surface area (Å²) in [6.07, 6.45) is -0.249. The largest absolute Gasteiger partial charge is 0.469 e. The molecule has 0 unspecified atom stereocenters. The molecule has 32 heavy (non-hydrogen) atoms. The maximum Gasteiger partial charge on any atom is 0.335 e. The first-order valence-electron chi connectivity index (χ1n) is 11.2. The van der Waals surface area contributed by atoms with Gasteiger partial charge in [0.2, 0.25) is 0 Å². The van der Waals surface area contributed by atoms with E-state index in [1.807, 2.05) is 67.6 Å². The molecule has 0 aliphatic carbocycles. The lowest BCUT2D eigenvalue weighted by atomic mass is 9.87. The molecular weight excluding hydrogens is 406 g/mol. The van der Waals surface area contributed by atoms with Crippen molar-refractivity contribution in [3.63, 3.8) is 0 Å². The molecule has 0 saturated carbocycles. The number of hydrogen-bond donors (Lipinski definition) is 1. The zero-order chi connectivity index (χ0) is 23.5. The molecule has 4 atom stereocenters. The van der Waals surface area contributed by atoms with Gasteiger partial charge < -0.3 is 14.6 Å². The summed E-state index contributed by atoms with van der Waals surface area (Å²) in [5.41, 5.74) is 2.16. The Morgan fingerprint density at radius 3 is 2.09 bits per heavy atom. The van der Waals surface area contributed by atoms with Crippen molar-refractivity contribution in [2.45, 2.75) is 58.3 Å². The molecule has 0 aliphatic heterocycles. The average Bonchev–Trinajstić information content (AvgIpc) is 2.83. The van der Waals surface area contributed by atoms with Gasteiger partial charge in [0.25, 0.3) is 0 Å². The number of aliphatic hydroxyl groups is 1. The molecule has 1 N–H and O–H groups in total. The van der Waals surface area contributed by atoms with E-state index >= 15 is 0 Å². The van der Waals surface area contributed by atoms with E-state index in [4.69, 9.17) is 9.47 Å². The Kier molecular flexibility index (Phi) is 10.4. The number of aliphatic hydroxyl groups excluding tert-OH is 1. The van der Waals surface area contributed by atoms with Gasteiger partial charge in [-0.05, 0) is 31.4 Å². The first-order valence-corrected chi connectivity index (χ1v) is 11.2. The van der Waals surface area contributed by atoms with Crippen LogP contribution in [0.2, 0.25) is 0 Å². The van der Waals surface area contributed by atoms with Crippen LogP contribution >= 0.6 is 0 Å². The summed E-state index contributed by atoms with van der Waals surface area (Å²) in [6, 6.07) is 19.5. The van der Waals surface area contributed by atoms with Gasteiger partial charge in [-0.1, -0.05) is 74.0 Å². The molecule has 174 valence electrons. The van der Waals surface area contributed by atoms with E-state index in [1.165, 1.54) is 7.11 Å². The van der Waals surface area contributed by atoms with Gasteiger partial charge in [-0.3, -0.25) is 9.69 Å². The second-order valence-corrected chi connectivity index (χ2v) is 7.85. The van der Waals surface area contributed by atoms with Crippen molar-refractivity contribution in [2.24, 2.45) is 5.92 Å². The number of benzene rings is 2. The molecule has 2 aromatic carbocycles. The van der Waals surface area contributed by atoms with Crippen molar-refractivity contribution < 1.29 is 24.2 Å². The number of ether oxygens (including phenoxy) is 2. The number of esters is 2. The lowest BCUT2D eigenvalue weighted by Crippen LogP contribution is -2.51. The maximum atomic E-state index is 12.9. The fraction of sp³-hybridized carbons (Fsp3) is 0.462. The second kappa shape index (κ2) is 13.0. The lowest BCUT2D eigenvalue weighted by Gasteiger charge is -2.41. The molecule has 6 nitrogen and oxygen atoms in total. The average molecular weight is 442 g/mol. The second-order valence-electron chi connectivity index (χ2n) is 7.85. The van der Waals surface area contributed by atoms with Crippen LogP contribution in [0.25, 0.3) is 0 Å². The minimum absolute atomic E-state index is 0.0745. The normalized spacial score (nSPS) is 14.9. The molecule has 0 amide bonds. The molecule has 0 fully saturated rings. The summed E-state index contributed by atoms with van der Waals surface area (Å²) in [6.45, 7) is 6.43. The third-order valence-corrected chi connectivity index (χ3v) is 5.75. The molecule has 0 saturated heterocycles. The van der Waals surface area contributed by atoms with Crippen LogP contribution in [0.3, 0.4) is 0 Å². The maximum absolute atomic E-state index is 12.9. The molecule has 2 aromatic rings. The molecule has 0 radical (unpaired) electrons. The summed E-state index contributed by atoms with van der Waals surface area (Å²) in [5, 5.41) is 10.9. The minimum Gasteiger partial charge on any atom is -0.469 e. The predicted octanol–water partition coefficient (Wildman–Crippen LogP) is 4.13. The van der Waals surface area contributed by atoms with Crippen LogP contribution in [0.5, 0.6) is 0 Å². The quantitative estimate of drug-likeness (QED) is 0.499. The van der Waals surface area contributed by atoms with Gasteiger partial charge in [0.05, 0.1) is 13.7 Å². The first-order chi connectivity index (χ1) is 15.4.